The van der Waals surface area contributed by atoms with Crippen molar-refractivity contribution < 1.29 is 0 Å². The van der Waals surface area contributed by atoms with Gasteiger partial charge in [-0.05, 0) is 72.9 Å². The van der Waals surface area contributed by atoms with Crippen LogP contribution in [0.1, 0.15) is 44.2 Å². The van der Waals surface area contributed by atoms with E-state index in [1.54, 1.807) is 0 Å². The van der Waals surface area contributed by atoms with E-state index < -0.39 is 0 Å². The SMILES string of the molecule is CCCCN1CCC(c2[nH]nc3ccc(-c4cccc5ccccc45)cc23)CC1. The van der Waals surface area contributed by atoms with Crippen LogP contribution in [0.5, 0.6) is 0 Å². The third-order valence-electron chi connectivity index (χ3n) is 6.51. The fourth-order valence-corrected chi connectivity index (χ4v) is 4.81. The largest absolute Gasteiger partial charge is 0.303 e. The molecule has 3 aromatic carbocycles. The number of hydrogen-bond acceptors (Lipinski definition) is 2. The molecule has 0 amide bonds. The van der Waals surface area contributed by atoms with Gasteiger partial charge in [-0.2, -0.15) is 5.10 Å². The number of likely N-dealkylation sites (tertiary alicyclic amines) is 1. The Bertz CT molecular complexity index is 1110. The maximum atomic E-state index is 4.62. The van der Waals surface area contributed by atoms with E-state index in [-0.39, 0.29) is 0 Å². The van der Waals surface area contributed by atoms with E-state index in [1.165, 1.54) is 78.3 Å². The molecule has 1 saturated heterocycles. The molecule has 3 heteroatoms. The van der Waals surface area contributed by atoms with Crippen molar-refractivity contribution in [3.63, 3.8) is 0 Å². The zero-order valence-electron chi connectivity index (χ0n) is 17.2. The molecule has 1 aliphatic heterocycles. The van der Waals surface area contributed by atoms with Crippen molar-refractivity contribution in [3.05, 3.63) is 66.4 Å². The minimum Gasteiger partial charge on any atom is -0.303 e. The van der Waals surface area contributed by atoms with Gasteiger partial charge < -0.3 is 4.90 Å². The second kappa shape index (κ2) is 8.00. The number of hydrogen-bond donors (Lipinski definition) is 1. The van der Waals surface area contributed by atoms with E-state index in [2.05, 4.69) is 82.7 Å². The zero-order chi connectivity index (χ0) is 19.6. The first-order valence-corrected chi connectivity index (χ1v) is 11.0. The molecule has 0 radical (unpaired) electrons. The molecule has 4 aromatic rings. The van der Waals surface area contributed by atoms with Gasteiger partial charge in [-0.3, -0.25) is 5.10 Å². The molecule has 5 rings (SSSR count). The summed E-state index contributed by atoms with van der Waals surface area (Å²) in [6, 6.07) is 21.9. The molecule has 1 N–H and O–H groups in total. The maximum absolute atomic E-state index is 4.62. The molecule has 0 unspecified atom stereocenters. The van der Waals surface area contributed by atoms with Gasteiger partial charge in [-0.25, -0.2) is 0 Å². The first-order chi connectivity index (χ1) is 14.3. The summed E-state index contributed by atoms with van der Waals surface area (Å²) in [4.78, 5) is 2.63. The van der Waals surface area contributed by atoms with Crippen LogP contribution in [0, 0.1) is 0 Å². The van der Waals surface area contributed by atoms with Crippen LogP contribution >= 0.6 is 0 Å². The Morgan fingerprint density at radius 2 is 1.79 bits per heavy atom. The van der Waals surface area contributed by atoms with Crippen LogP contribution in [-0.2, 0) is 0 Å². The lowest BCUT2D eigenvalue weighted by Crippen LogP contribution is -2.33. The summed E-state index contributed by atoms with van der Waals surface area (Å²) in [6.45, 7) is 5.93. The Morgan fingerprint density at radius 1 is 0.966 bits per heavy atom. The lowest BCUT2D eigenvalue weighted by molar-refractivity contribution is 0.208. The average Bonchev–Trinajstić information content (AvgIpc) is 3.21. The molecule has 2 heterocycles. The van der Waals surface area contributed by atoms with E-state index >= 15 is 0 Å². The van der Waals surface area contributed by atoms with Gasteiger partial charge in [0.15, 0.2) is 0 Å². The summed E-state index contributed by atoms with van der Waals surface area (Å²) in [7, 11) is 0. The fraction of sp³-hybridized carbons (Fsp3) is 0.346. The lowest BCUT2D eigenvalue weighted by atomic mass is 9.90. The highest BCUT2D eigenvalue weighted by atomic mass is 15.1. The van der Waals surface area contributed by atoms with Crippen molar-refractivity contribution in [3.8, 4) is 11.1 Å². The van der Waals surface area contributed by atoms with Gasteiger partial charge in [-0.1, -0.05) is 61.9 Å². The van der Waals surface area contributed by atoms with Gasteiger partial charge in [0, 0.05) is 17.0 Å². The second-order valence-corrected chi connectivity index (χ2v) is 8.37. The van der Waals surface area contributed by atoms with Crippen LogP contribution in [0.4, 0.5) is 0 Å². The quantitative estimate of drug-likeness (QED) is 0.435. The Labute approximate surface area is 172 Å². The Balaban J connectivity index is 1.47. The third-order valence-corrected chi connectivity index (χ3v) is 6.51. The van der Waals surface area contributed by atoms with Gasteiger partial charge >= 0.3 is 0 Å². The summed E-state index contributed by atoms with van der Waals surface area (Å²) in [5, 5.41) is 11.9. The van der Waals surface area contributed by atoms with E-state index in [1.807, 2.05) is 0 Å². The van der Waals surface area contributed by atoms with Gasteiger partial charge in [0.05, 0.1) is 5.52 Å². The molecule has 0 spiro atoms. The summed E-state index contributed by atoms with van der Waals surface area (Å²) in [5.74, 6) is 0.584. The monoisotopic (exact) mass is 383 g/mol. The fourth-order valence-electron chi connectivity index (χ4n) is 4.81. The Kier molecular flexibility index (Phi) is 5.07. The van der Waals surface area contributed by atoms with Crippen LogP contribution in [-0.4, -0.2) is 34.7 Å². The Hall–Kier alpha value is -2.65. The molecule has 3 nitrogen and oxygen atoms in total. The first kappa shape index (κ1) is 18.4. The molecule has 0 atom stereocenters. The lowest BCUT2D eigenvalue weighted by Gasteiger charge is -2.31. The number of unbranched alkanes of at least 4 members (excludes halogenated alkanes) is 1. The van der Waals surface area contributed by atoms with Crippen LogP contribution < -0.4 is 0 Å². The highest BCUT2D eigenvalue weighted by molar-refractivity contribution is 5.98. The molecule has 1 aromatic heterocycles. The minimum atomic E-state index is 0.584. The number of rotatable bonds is 5. The molecule has 29 heavy (non-hydrogen) atoms. The first-order valence-electron chi connectivity index (χ1n) is 11.0. The molecular weight excluding hydrogens is 354 g/mol. The van der Waals surface area contributed by atoms with Crippen molar-refractivity contribution in [1.82, 2.24) is 15.1 Å². The average molecular weight is 384 g/mol. The number of H-pyrrole nitrogens is 1. The van der Waals surface area contributed by atoms with Crippen molar-refractivity contribution in [2.24, 2.45) is 0 Å². The number of nitrogens with one attached hydrogen (secondary N) is 1. The second-order valence-electron chi connectivity index (χ2n) is 8.37. The number of piperidine rings is 1. The Morgan fingerprint density at radius 3 is 2.66 bits per heavy atom. The van der Waals surface area contributed by atoms with Crippen molar-refractivity contribution in [2.75, 3.05) is 19.6 Å². The van der Waals surface area contributed by atoms with E-state index in [9.17, 15) is 0 Å². The van der Waals surface area contributed by atoms with Gasteiger partial charge in [0.1, 0.15) is 0 Å². The standard InChI is InChI=1S/C26H29N3/c1-2-3-15-29-16-13-20(14-17-29)26-24-18-21(11-12-25(24)27-28-26)23-10-6-8-19-7-4-5-9-22(19)23/h4-12,18,20H,2-3,13-17H2,1H3,(H,27,28). The molecule has 148 valence electrons. The predicted octanol–water partition coefficient (Wildman–Crippen LogP) is 6.36. The summed E-state index contributed by atoms with van der Waals surface area (Å²) in [5.41, 5.74) is 4.98. The van der Waals surface area contributed by atoms with Crippen LogP contribution in [0.15, 0.2) is 60.7 Å². The normalized spacial score (nSPS) is 16.0. The van der Waals surface area contributed by atoms with E-state index in [0.717, 1.165) is 5.52 Å². The zero-order valence-corrected chi connectivity index (χ0v) is 17.2. The topological polar surface area (TPSA) is 31.9 Å². The number of benzene rings is 3. The number of nitrogens with zero attached hydrogens (tertiary/aromatic N) is 2. The predicted molar refractivity (Wildman–Crippen MR) is 122 cm³/mol. The third kappa shape index (κ3) is 3.56. The van der Waals surface area contributed by atoms with Crippen molar-refractivity contribution in [1.29, 1.82) is 0 Å². The molecule has 0 bridgehead atoms. The van der Waals surface area contributed by atoms with Crippen LogP contribution in [0.3, 0.4) is 0 Å². The molecular formula is C26H29N3. The number of aromatic amines is 1. The molecule has 0 aliphatic carbocycles. The van der Waals surface area contributed by atoms with Crippen molar-refractivity contribution >= 4 is 21.7 Å². The van der Waals surface area contributed by atoms with E-state index in [4.69, 9.17) is 0 Å². The van der Waals surface area contributed by atoms with Crippen LogP contribution in [0.2, 0.25) is 0 Å². The van der Waals surface area contributed by atoms with E-state index in [0.29, 0.717) is 5.92 Å². The highest BCUT2D eigenvalue weighted by Gasteiger charge is 2.23. The summed E-state index contributed by atoms with van der Waals surface area (Å²) >= 11 is 0. The van der Waals surface area contributed by atoms with Crippen molar-refractivity contribution in [2.45, 2.75) is 38.5 Å². The maximum Gasteiger partial charge on any atom is 0.0924 e. The van der Waals surface area contributed by atoms with Gasteiger partial charge in [0.25, 0.3) is 0 Å². The highest BCUT2D eigenvalue weighted by Crippen LogP contribution is 2.35. The minimum absolute atomic E-state index is 0.584. The number of aromatic nitrogens is 2. The number of fused-ring (bicyclic) bond motifs is 2. The van der Waals surface area contributed by atoms with Gasteiger partial charge in [-0.15, -0.1) is 0 Å². The summed E-state index contributed by atoms with van der Waals surface area (Å²) < 4.78 is 0. The molecule has 1 fully saturated rings. The van der Waals surface area contributed by atoms with Crippen LogP contribution in [0.25, 0.3) is 32.8 Å². The summed E-state index contributed by atoms with van der Waals surface area (Å²) in [6.07, 6.45) is 5.03. The molecule has 1 aliphatic rings. The smallest absolute Gasteiger partial charge is 0.0924 e. The molecule has 0 saturated carbocycles. The van der Waals surface area contributed by atoms with Gasteiger partial charge in [0.2, 0.25) is 0 Å².